The summed E-state index contributed by atoms with van der Waals surface area (Å²) in [5.74, 6) is -0.0949. The number of aromatic nitrogens is 1. The van der Waals surface area contributed by atoms with Gasteiger partial charge >= 0.3 is 0 Å². The number of benzene rings is 4. The predicted molar refractivity (Wildman–Crippen MR) is 140 cm³/mol. The van der Waals surface area contributed by atoms with E-state index in [0.29, 0.717) is 11.4 Å². The number of para-hydroxylation sites is 1. The van der Waals surface area contributed by atoms with Crippen LogP contribution in [0.25, 0.3) is 10.9 Å². The van der Waals surface area contributed by atoms with Crippen molar-refractivity contribution in [3.63, 3.8) is 0 Å². The second-order valence-corrected chi connectivity index (χ2v) is 11.1. The molecule has 0 bridgehead atoms. The minimum atomic E-state index is -3.78. The van der Waals surface area contributed by atoms with Crippen LogP contribution >= 0.6 is 0 Å². The van der Waals surface area contributed by atoms with Gasteiger partial charge in [-0.05, 0) is 41.8 Å². The lowest BCUT2D eigenvalue weighted by Gasteiger charge is -2.39. The van der Waals surface area contributed by atoms with Crippen LogP contribution < -0.4 is 0 Å². The lowest BCUT2D eigenvalue weighted by Crippen LogP contribution is -2.42. The first-order chi connectivity index (χ1) is 17.0. The summed E-state index contributed by atoms with van der Waals surface area (Å²) in [5.41, 5.74) is 6.22. The topological polar surface area (TPSA) is 53.2 Å². The van der Waals surface area contributed by atoms with Crippen molar-refractivity contribution in [2.75, 3.05) is 6.54 Å². The van der Waals surface area contributed by atoms with Crippen LogP contribution in [0.15, 0.2) is 114 Å². The van der Waals surface area contributed by atoms with Gasteiger partial charge in [0, 0.05) is 29.1 Å². The van der Waals surface area contributed by atoms with Crippen molar-refractivity contribution < 1.29 is 8.42 Å². The fourth-order valence-electron chi connectivity index (χ4n) is 5.30. The summed E-state index contributed by atoms with van der Waals surface area (Å²) in [4.78, 5) is 3.94. The Morgan fingerprint density at radius 1 is 0.743 bits per heavy atom. The molecule has 35 heavy (non-hydrogen) atoms. The number of nitrogens with one attached hydrogen (secondary N) is 1. The Labute approximate surface area is 205 Å². The van der Waals surface area contributed by atoms with E-state index in [4.69, 9.17) is 0 Å². The number of H-pyrrole nitrogens is 1. The number of sulfonamides is 1. The number of aryl methyl sites for hydroxylation is 1. The Hall–Kier alpha value is -3.67. The zero-order valence-corrected chi connectivity index (χ0v) is 20.2. The van der Waals surface area contributed by atoms with Crippen LogP contribution in [0.1, 0.15) is 39.9 Å². The summed E-state index contributed by atoms with van der Waals surface area (Å²) in [5, 5.41) is 1.14. The molecule has 6 rings (SSSR count). The molecule has 2 atom stereocenters. The summed E-state index contributed by atoms with van der Waals surface area (Å²) in [6.07, 6.45) is 0. The molecule has 5 heteroatoms. The summed E-state index contributed by atoms with van der Waals surface area (Å²) in [7, 11) is -3.78. The van der Waals surface area contributed by atoms with Crippen molar-refractivity contribution in [3.05, 3.63) is 137 Å². The van der Waals surface area contributed by atoms with Crippen LogP contribution in [0.4, 0.5) is 0 Å². The molecule has 4 aromatic carbocycles. The van der Waals surface area contributed by atoms with Crippen LogP contribution in [0.2, 0.25) is 0 Å². The quantitative estimate of drug-likeness (QED) is 0.325. The molecule has 1 aromatic heterocycles. The summed E-state index contributed by atoms with van der Waals surface area (Å²) >= 11 is 0. The molecule has 0 saturated heterocycles. The standard InChI is InChI=1S/C30H26N2O2S/c1-21-16-18-24(19-17-21)35(33,34)32-20-26(22-10-4-2-5-11-22)28-25-14-8-9-15-27(25)31-29(28)30(32)23-12-6-3-7-13-23/h2-19,26,30-31H,20H2,1H3/t26-,30-/m1/s1. The molecule has 0 unspecified atom stereocenters. The molecule has 1 aliphatic heterocycles. The minimum Gasteiger partial charge on any atom is -0.357 e. The lowest BCUT2D eigenvalue weighted by atomic mass is 9.83. The van der Waals surface area contributed by atoms with E-state index in [9.17, 15) is 8.42 Å². The molecule has 1 N–H and O–H groups in total. The molecule has 2 heterocycles. The third-order valence-corrected chi connectivity index (χ3v) is 8.84. The third kappa shape index (κ3) is 3.68. The third-order valence-electron chi connectivity index (χ3n) is 6.99. The van der Waals surface area contributed by atoms with Crippen molar-refractivity contribution in [1.29, 1.82) is 0 Å². The van der Waals surface area contributed by atoms with Gasteiger partial charge in [-0.3, -0.25) is 0 Å². The van der Waals surface area contributed by atoms with E-state index in [2.05, 4.69) is 29.2 Å². The predicted octanol–water partition coefficient (Wildman–Crippen LogP) is 6.40. The average Bonchev–Trinajstić information content (AvgIpc) is 3.28. The molecule has 1 aliphatic rings. The normalized spacial score (nSPS) is 18.4. The maximum Gasteiger partial charge on any atom is 0.244 e. The van der Waals surface area contributed by atoms with Crippen LogP contribution in [0.3, 0.4) is 0 Å². The van der Waals surface area contributed by atoms with E-state index in [0.717, 1.165) is 33.3 Å². The van der Waals surface area contributed by atoms with Crippen LogP contribution in [0, 0.1) is 6.92 Å². The highest BCUT2D eigenvalue weighted by Crippen LogP contribution is 2.47. The largest absolute Gasteiger partial charge is 0.357 e. The smallest absolute Gasteiger partial charge is 0.244 e. The van der Waals surface area contributed by atoms with Gasteiger partial charge in [-0.2, -0.15) is 4.31 Å². The summed E-state index contributed by atoms with van der Waals surface area (Å²) in [6.45, 7) is 2.32. The maximum absolute atomic E-state index is 14.2. The number of hydrogen-bond acceptors (Lipinski definition) is 2. The van der Waals surface area contributed by atoms with Gasteiger partial charge in [0.25, 0.3) is 0 Å². The maximum atomic E-state index is 14.2. The number of fused-ring (bicyclic) bond motifs is 3. The summed E-state index contributed by atoms with van der Waals surface area (Å²) < 4.78 is 30.1. The van der Waals surface area contributed by atoms with Gasteiger partial charge in [-0.1, -0.05) is 96.6 Å². The molecule has 0 fully saturated rings. The van der Waals surface area contributed by atoms with Crippen LogP contribution in [0.5, 0.6) is 0 Å². The Morgan fingerprint density at radius 2 is 1.34 bits per heavy atom. The van der Waals surface area contributed by atoms with Crippen molar-refractivity contribution in [2.24, 2.45) is 0 Å². The molecule has 0 aliphatic carbocycles. The Bertz CT molecular complexity index is 1590. The van der Waals surface area contributed by atoms with Gasteiger partial charge in [-0.15, -0.1) is 0 Å². The zero-order chi connectivity index (χ0) is 24.0. The fraction of sp³-hybridized carbons (Fsp3) is 0.133. The first-order valence-corrected chi connectivity index (χ1v) is 13.3. The second-order valence-electron chi connectivity index (χ2n) is 9.16. The zero-order valence-electron chi connectivity index (χ0n) is 19.4. The van der Waals surface area contributed by atoms with E-state index >= 15 is 0 Å². The monoisotopic (exact) mass is 478 g/mol. The number of rotatable bonds is 4. The molecular weight excluding hydrogens is 452 g/mol. The van der Waals surface area contributed by atoms with E-state index in [1.54, 1.807) is 16.4 Å². The van der Waals surface area contributed by atoms with Crippen molar-refractivity contribution in [2.45, 2.75) is 23.8 Å². The fourth-order valence-corrected chi connectivity index (χ4v) is 6.91. The molecule has 4 nitrogen and oxygen atoms in total. The Morgan fingerprint density at radius 3 is 2.03 bits per heavy atom. The molecular formula is C30H26N2O2S. The van der Waals surface area contributed by atoms with Crippen molar-refractivity contribution >= 4 is 20.9 Å². The molecule has 5 aromatic rings. The molecule has 0 radical (unpaired) electrons. The first-order valence-electron chi connectivity index (χ1n) is 11.8. The minimum absolute atomic E-state index is 0.0949. The first kappa shape index (κ1) is 21.8. The van der Waals surface area contributed by atoms with E-state index in [1.807, 2.05) is 79.7 Å². The van der Waals surface area contributed by atoms with E-state index < -0.39 is 16.1 Å². The molecule has 0 saturated carbocycles. The molecule has 174 valence electrons. The van der Waals surface area contributed by atoms with Gasteiger partial charge < -0.3 is 4.98 Å². The number of aromatic amines is 1. The summed E-state index contributed by atoms with van der Waals surface area (Å²) in [6, 6.07) is 35.1. The van der Waals surface area contributed by atoms with Gasteiger partial charge in [-0.25, -0.2) is 8.42 Å². The number of nitrogens with zero attached hydrogens (tertiary/aromatic N) is 1. The Balaban J connectivity index is 1.63. The van der Waals surface area contributed by atoms with Gasteiger partial charge in [0.1, 0.15) is 0 Å². The van der Waals surface area contributed by atoms with Crippen LogP contribution in [-0.4, -0.2) is 24.3 Å². The molecule has 0 spiro atoms. The highest BCUT2D eigenvalue weighted by atomic mass is 32.2. The second kappa shape index (κ2) is 8.52. The lowest BCUT2D eigenvalue weighted by molar-refractivity contribution is 0.324. The van der Waals surface area contributed by atoms with Crippen molar-refractivity contribution in [3.8, 4) is 0 Å². The number of hydrogen-bond donors (Lipinski definition) is 1. The van der Waals surface area contributed by atoms with Crippen LogP contribution in [-0.2, 0) is 10.0 Å². The van der Waals surface area contributed by atoms with Gasteiger partial charge in [0.15, 0.2) is 0 Å². The molecule has 0 amide bonds. The van der Waals surface area contributed by atoms with E-state index in [-0.39, 0.29) is 5.92 Å². The van der Waals surface area contributed by atoms with Gasteiger partial charge in [0.05, 0.1) is 10.9 Å². The highest BCUT2D eigenvalue weighted by Gasteiger charge is 2.43. The van der Waals surface area contributed by atoms with Gasteiger partial charge in [0.2, 0.25) is 10.0 Å². The van der Waals surface area contributed by atoms with E-state index in [1.165, 1.54) is 5.56 Å². The van der Waals surface area contributed by atoms with Crippen molar-refractivity contribution in [1.82, 2.24) is 9.29 Å². The Kier molecular flexibility index (Phi) is 5.32. The SMILES string of the molecule is Cc1ccc(S(=O)(=O)N2C[C@H](c3ccccc3)c3c([nH]c4ccccc34)[C@H]2c2ccccc2)cc1. The average molecular weight is 479 g/mol. The highest BCUT2D eigenvalue weighted by molar-refractivity contribution is 7.89.